The summed E-state index contributed by atoms with van der Waals surface area (Å²) in [6, 6.07) is 18.2. The van der Waals surface area contributed by atoms with Crippen LogP contribution in [-0.4, -0.2) is 43.4 Å². The van der Waals surface area contributed by atoms with Gasteiger partial charge < -0.3 is 10.2 Å². The Morgan fingerprint density at radius 3 is 2.58 bits per heavy atom. The summed E-state index contributed by atoms with van der Waals surface area (Å²) in [5.74, 6) is -0.412. The van der Waals surface area contributed by atoms with Crippen LogP contribution in [0, 0.1) is 0 Å². The van der Waals surface area contributed by atoms with E-state index in [2.05, 4.69) is 5.32 Å². The van der Waals surface area contributed by atoms with Crippen molar-refractivity contribution in [1.82, 2.24) is 4.31 Å². The maximum atomic E-state index is 13.2. The summed E-state index contributed by atoms with van der Waals surface area (Å²) in [6.07, 6.45) is 3.18. The number of hydrogen-bond acceptors (Lipinski definition) is 4. The van der Waals surface area contributed by atoms with Gasteiger partial charge in [-0.3, -0.25) is 9.59 Å². The van der Waals surface area contributed by atoms with Crippen molar-refractivity contribution in [1.29, 1.82) is 0 Å². The third kappa shape index (κ3) is 3.89. The molecule has 0 radical (unpaired) electrons. The smallest absolute Gasteiger partial charge is 0.259 e. The second-order valence-electron chi connectivity index (χ2n) is 8.61. The van der Waals surface area contributed by atoms with Crippen molar-refractivity contribution in [3.8, 4) is 0 Å². The number of carbonyl (C=O) groups excluding carboxylic acids is 2. The SMILES string of the molecule is CS(=O)(=O)N1CCCCC1C(=O)Nc1ccc2c3c(cccc13)C(=O)N2Cc1ccccc1. The second kappa shape index (κ2) is 8.28. The molecule has 3 aromatic carbocycles. The molecule has 0 saturated carbocycles. The first-order valence-corrected chi connectivity index (χ1v) is 12.9. The Bertz CT molecular complexity index is 1350. The van der Waals surface area contributed by atoms with E-state index in [4.69, 9.17) is 0 Å². The molecule has 2 heterocycles. The zero-order valence-corrected chi connectivity index (χ0v) is 19.1. The summed E-state index contributed by atoms with van der Waals surface area (Å²) >= 11 is 0. The Hall–Kier alpha value is -3.23. The van der Waals surface area contributed by atoms with Crippen LogP contribution in [-0.2, 0) is 21.4 Å². The number of anilines is 2. The van der Waals surface area contributed by atoms with Crippen molar-refractivity contribution in [2.75, 3.05) is 23.0 Å². The number of nitrogens with zero attached hydrogens (tertiary/aromatic N) is 2. The van der Waals surface area contributed by atoms with Gasteiger partial charge in [0.1, 0.15) is 6.04 Å². The first-order chi connectivity index (χ1) is 15.8. The fourth-order valence-corrected chi connectivity index (χ4v) is 5.98. The van der Waals surface area contributed by atoms with Crippen molar-refractivity contribution >= 4 is 44.0 Å². The van der Waals surface area contributed by atoms with Gasteiger partial charge >= 0.3 is 0 Å². The maximum absolute atomic E-state index is 13.2. The van der Waals surface area contributed by atoms with Crippen molar-refractivity contribution in [3.05, 3.63) is 71.8 Å². The molecule has 1 fully saturated rings. The van der Waals surface area contributed by atoms with Gasteiger partial charge in [-0.25, -0.2) is 8.42 Å². The standard InChI is InChI=1S/C25H25N3O4S/c1-33(31,32)28-15-6-5-12-22(28)24(29)26-20-13-14-21-23-18(20)10-7-11-19(23)25(30)27(21)16-17-8-3-2-4-9-17/h2-4,7-11,13-14,22H,5-6,12,15-16H2,1H3,(H,26,29). The molecule has 5 rings (SSSR count). The van der Waals surface area contributed by atoms with Crippen molar-refractivity contribution in [3.63, 3.8) is 0 Å². The molecule has 1 atom stereocenters. The molecule has 2 aliphatic heterocycles. The van der Waals surface area contributed by atoms with Gasteiger partial charge in [-0.1, -0.05) is 48.9 Å². The summed E-state index contributed by atoms with van der Waals surface area (Å²) < 4.78 is 25.7. The zero-order valence-electron chi connectivity index (χ0n) is 18.3. The number of piperidine rings is 1. The molecule has 1 N–H and O–H groups in total. The number of rotatable bonds is 5. The molecule has 3 aromatic rings. The van der Waals surface area contributed by atoms with E-state index in [0.29, 0.717) is 30.8 Å². The number of amides is 2. The zero-order chi connectivity index (χ0) is 23.2. The highest BCUT2D eigenvalue weighted by Gasteiger charge is 2.35. The third-order valence-corrected chi connectivity index (χ3v) is 7.70. The topological polar surface area (TPSA) is 86.8 Å². The molecular formula is C25H25N3O4S. The average molecular weight is 464 g/mol. The Morgan fingerprint density at radius 2 is 1.82 bits per heavy atom. The van der Waals surface area contributed by atoms with Gasteiger partial charge in [0.05, 0.1) is 18.5 Å². The molecule has 8 heteroatoms. The van der Waals surface area contributed by atoms with Crippen LogP contribution in [0.3, 0.4) is 0 Å². The summed E-state index contributed by atoms with van der Waals surface area (Å²) in [5, 5.41) is 4.52. The van der Waals surface area contributed by atoms with Crippen LogP contribution in [0.15, 0.2) is 60.7 Å². The fourth-order valence-electron chi connectivity index (χ4n) is 4.86. The molecule has 1 unspecified atom stereocenters. The van der Waals surface area contributed by atoms with Crippen molar-refractivity contribution in [2.45, 2.75) is 31.8 Å². The Morgan fingerprint density at radius 1 is 1.03 bits per heavy atom. The van der Waals surface area contributed by atoms with Gasteiger partial charge in [-0.05, 0) is 36.6 Å². The third-order valence-electron chi connectivity index (χ3n) is 6.41. The lowest BCUT2D eigenvalue weighted by Gasteiger charge is -2.32. The fraction of sp³-hybridized carbons (Fsp3) is 0.280. The number of nitrogens with one attached hydrogen (secondary N) is 1. The van der Waals surface area contributed by atoms with E-state index in [9.17, 15) is 18.0 Å². The monoisotopic (exact) mass is 463 g/mol. The minimum absolute atomic E-state index is 0.0709. The average Bonchev–Trinajstić information content (AvgIpc) is 3.08. The van der Waals surface area contributed by atoms with Gasteiger partial charge in [0.25, 0.3) is 5.91 Å². The molecule has 2 aliphatic rings. The molecule has 7 nitrogen and oxygen atoms in total. The van der Waals surface area contributed by atoms with E-state index in [1.165, 1.54) is 4.31 Å². The van der Waals surface area contributed by atoms with Gasteiger partial charge in [-0.15, -0.1) is 0 Å². The lowest BCUT2D eigenvalue weighted by atomic mass is 10.0. The molecular weight excluding hydrogens is 438 g/mol. The number of carbonyl (C=O) groups is 2. The van der Waals surface area contributed by atoms with Crippen LogP contribution in [0.4, 0.5) is 11.4 Å². The van der Waals surface area contributed by atoms with E-state index in [1.54, 1.807) is 17.0 Å². The largest absolute Gasteiger partial charge is 0.324 e. The van der Waals surface area contributed by atoms with Crippen LogP contribution < -0.4 is 10.2 Å². The number of hydrogen-bond donors (Lipinski definition) is 1. The first-order valence-electron chi connectivity index (χ1n) is 11.0. The van der Waals surface area contributed by atoms with E-state index >= 15 is 0 Å². The number of benzene rings is 3. The number of sulfonamides is 1. The predicted octanol–water partition coefficient (Wildman–Crippen LogP) is 3.75. The van der Waals surface area contributed by atoms with Gasteiger partial charge in [0.15, 0.2) is 0 Å². The molecule has 0 aromatic heterocycles. The van der Waals surface area contributed by atoms with E-state index in [-0.39, 0.29) is 11.8 Å². The minimum atomic E-state index is -3.48. The van der Waals surface area contributed by atoms with Crippen LogP contribution in [0.2, 0.25) is 0 Å². The Kier molecular flexibility index (Phi) is 5.42. The lowest BCUT2D eigenvalue weighted by molar-refractivity contribution is -0.120. The molecule has 33 heavy (non-hydrogen) atoms. The highest BCUT2D eigenvalue weighted by molar-refractivity contribution is 7.88. The Labute approximate surface area is 193 Å². The normalized spacial score (nSPS) is 18.6. The molecule has 1 saturated heterocycles. The van der Waals surface area contributed by atoms with Crippen LogP contribution in [0.25, 0.3) is 10.8 Å². The molecule has 0 aliphatic carbocycles. The molecule has 170 valence electrons. The van der Waals surface area contributed by atoms with Crippen LogP contribution in [0.1, 0.15) is 35.2 Å². The molecule has 2 amide bonds. The summed E-state index contributed by atoms with van der Waals surface area (Å²) in [7, 11) is -3.48. The summed E-state index contributed by atoms with van der Waals surface area (Å²) in [6.45, 7) is 0.810. The predicted molar refractivity (Wildman–Crippen MR) is 129 cm³/mol. The van der Waals surface area contributed by atoms with E-state index in [1.807, 2.05) is 48.5 Å². The van der Waals surface area contributed by atoms with E-state index < -0.39 is 16.1 Å². The first kappa shape index (κ1) is 21.6. The van der Waals surface area contributed by atoms with Crippen LogP contribution in [0.5, 0.6) is 0 Å². The maximum Gasteiger partial charge on any atom is 0.259 e. The van der Waals surface area contributed by atoms with Gasteiger partial charge in [-0.2, -0.15) is 4.31 Å². The quantitative estimate of drug-likeness (QED) is 0.624. The Balaban J connectivity index is 1.48. The lowest BCUT2D eigenvalue weighted by Crippen LogP contribution is -2.49. The highest BCUT2D eigenvalue weighted by Crippen LogP contribution is 2.41. The van der Waals surface area contributed by atoms with Crippen LogP contribution >= 0.6 is 0 Å². The molecule has 0 bridgehead atoms. The summed E-state index contributed by atoms with van der Waals surface area (Å²) in [5.41, 5.74) is 3.02. The summed E-state index contributed by atoms with van der Waals surface area (Å²) in [4.78, 5) is 28.1. The van der Waals surface area contributed by atoms with Crippen molar-refractivity contribution < 1.29 is 18.0 Å². The van der Waals surface area contributed by atoms with Gasteiger partial charge in [0.2, 0.25) is 15.9 Å². The van der Waals surface area contributed by atoms with Crippen molar-refractivity contribution in [2.24, 2.45) is 0 Å². The second-order valence-corrected chi connectivity index (χ2v) is 10.5. The van der Waals surface area contributed by atoms with Gasteiger partial charge in [0, 0.05) is 28.6 Å². The highest BCUT2D eigenvalue weighted by atomic mass is 32.2. The minimum Gasteiger partial charge on any atom is -0.324 e. The molecule has 0 spiro atoms. The van der Waals surface area contributed by atoms with E-state index in [0.717, 1.165) is 41.1 Å².